The van der Waals surface area contributed by atoms with Gasteiger partial charge in [-0.15, -0.1) is 0 Å². The van der Waals surface area contributed by atoms with E-state index >= 15 is 0 Å². The van der Waals surface area contributed by atoms with Gasteiger partial charge in [-0.05, 0) is 25.3 Å². The van der Waals surface area contributed by atoms with Crippen molar-refractivity contribution in [3.63, 3.8) is 0 Å². The number of nitrogens with one attached hydrogen (secondary N) is 2. The fourth-order valence-electron chi connectivity index (χ4n) is 1.12. The molecule has 0 amide bonds. The quantitative estimate of drug-likeness (QED) is 0.671. The summed E-state index contributed by atoms with van der Waals surface area (Å²) in [5, 5.41) is 10.1. The van der Waals surface area contributed by atoms with Gasteiger partial charge in [0.05, 0.1) is 6.20 Å². The van der Waals surface area contributed by atoms with Crippen molar-refractivity contribution < 1.29 is 0 Å². The normalized spacial score (nSPS) is 17.1. The van der Waals surface area contributed by atoms with Gasteiger partial charge in [-0.3, -0.25) is 5.10 Å². The Morgan fingerprint density at radius 2 is 2.55 bits per heavy atom. The van der Waals surface area contributed by atoms with Crippen molar-refractivity contribution in [1.29, 1.82) is 0 Å². The Labute approximate surface area is 66.2 Å². The summed E-state index contributed by atoms with van der Waals surface area (Å²) < 4.78 is 0. The van der Waals surface area contributed by atoms with E-state index in [1.54, 1.807) is 0 Å². The lowest BCUT2D eigenvalue weighted by Gasteiger charge is -1.98. The zero-order valence-corrected chi connectivity index (χ0v) is 6.51. The second kappa shape index (κ2) is 3.05. The minimum absolute atomic E-state index is 0.951. The maximum Gasteiger partial charge on any atom is 0.0532 e. The van der Waals surface area contributed by atoms with Crippen molar-refractivity contribution in [2.45, 2.75) is 19.4 Å². The van der Waals surface area contributed by atoms with Gasteiger partial charge in [-0.25, -0.2) is 0 Å². The smallest absolute Gasteiger partial charge is 0.0532 e. The van der Waals surface area contributed by atoms with E-state index in [1.165, 1.54) is 24.9 Å². The standard InChI is InChI=1S/C8H13N3/c1-2-7(1)3-9-4-8-5-10-11-6-8/h5-7,9H,1-4H2,(H,10,11). The number of H-pyrrole nitrogens is 1. The number of aromatic amines is 1. The molecule has 1 fully saturated rings. The lowest BCUT2D eigenvalue weighted by Crippen LogP contribution is -2.15. The van der Waals surface area contributed by atoms with Crippen LogP contribution in [0.2, 0.25) is 0 Å². The van der Waals surface area contributed by atoms with Crippen molar-refractivity contribution in [2.24, 2.45) is 5.92 Å². The van der Waals surface area contributed by atoms with Crippen molar-refractivity contribution in [2.75, 3.05) is 6.54 Å². The van der Waals surface area contributed by atoms with Gasteiger partial charge in [-0.2, -0.15) is 5.10 Å². The number of hydrogen-bond acceptors (Lipinski definition) is 2. The van der Waals surface area contributed by atoms with E-state index in [1.807, 2.05) is 12.4 Å². The van der Waals surface area contributed by atoms with E-state index in [4.69, 9.17) is 0 Å². The molecule has 1 aliphatic rings. The van der Waals surface area contributed by atoms with Gasteiger partial charge < -0.3 is 5.32 Å². The van der Waals surface area contributed by atoms with Crippen LogP contribution in [0, 0.1) is 5.92 Å². The average molecular weight is 151 g/mol. The summed E-state index contributed by atoms with van der Waals surface area (Å²) in [6.07, 6.45) is 6.62. The molecule has 3 nitrogen and oxygen atoms in total. The van der Waals surface area contributed by atoms with Crippen LogP contribution >= 0.6 is 0 Å². The van der Waals surface area contributed by atoms with Gasteiger partial charge in [-0.1, -0.05) is 0 Å². The molecule has 0 aromatic carbocycles. The molecule has 2 rings (SSSR count). The van der Waals surface area contributed by atoms with Crippen LogP contribution in [0.3, 0.4) is 0 Å². The van der Waals surface area contributed by atoms with E-state index in [2.05, 4.69) is 15.5 Å². The summed E-state index contributed by atoms with van der Waals surface area (Å²) in [7, 11) is 0. The first kappa shape index (κ1) is 6.85. The van der Waals surface area contributed by atoms with Gasteiger partial charge in [0.15, 0.2) is 0 Å². The maximum atomic E-state index is 3.87. The molecule has 0 unspecified atom stereocenters. The average Bonchev–Trinajstić information content (AvgIpc) is 2.66. The Kier molecular flexibility index (Phi) is 1.90. The van der Waals surface area contributed by atoms with Crippen LogP contribution in [0.25, 0.3) is 0 Å². The molecule has 0 spiro atoms. The van der Waals surface area contributed by atoms with Crippen LogP contribution in [0.4, 0.5) is 0 Å². The van der Waals surface area contributed by atoms with Gasteiger partial charge in [0.1, 0.15) is 0 Å². The maximum absolute atomic E-state index is 3.87. The predicted molar refractivity (Wildman–Crippen MR) is 43.0 cm³/mol. The highest BCUT2D eigenvalue weighted by atomic mass is 15.1. The number of nitrogens with zero attached hydrogens (tertiary/aromatic N) is 1. The molecule has 0 radical (unpaired) electrons. The monoisotopic (exact) mass is 151 g/mol. The lowest BCUT2D eigenvalue weighted by atomic mass is 10.3. The van der Waals surface area contributed by atoms with Gasteiger partial charge in [0.25, 0.3) is 0 Å². The molecule has 1 aliphatic carbocycles. The Morgan fingerprint density at radius 3 is 3.18 bits per heavy atom. The molecule has 1 saturated carbocycles. The lowest BCUT2D eigenvalue weighted by molar-refractivity contribution is 0.639. The van der Waals surface area contributed by atoms with Crippen LogP contribution in [0.5, 0.6) is 0 Å². The van der Waals surface area contributed by atoms with Crippen molar-refractivity contribution in [3.05, 3.63) is 18.0 Å². The first-order chi connectivity index (χ1) is 5.45. The zero-order valence-electron chi connectivity index (χ0n) is 6.51. The summed E-state index contributed by atoms with van der Waals surface area (Å²) in [6.45, 7) is 2.12. The van der Waals surface area contributed by atoms with Crippen molar-refractivity contribution in [3.8, 4) is 0 Å². The molecule has 0 bridgehead atoms. The third-order valence-electron chi connectivity index (χ3n) is 2.01. The highest BCUT2D eigenvalue weighted by molar-refractivity contribution is 5.01. The second-order valence-electron chi connectivity index (χ2n) is 3.18. The third kappa shape index (κ3) is 2.05. The minimum Gasteiger partial charge on any atom is -0.312 e. The van der Waals surface area contributed by atoms with E-state index in [0.717, 1.165) is 12.5 Å². The highest BCUT2D eigenvalue weighted by Gasteiger charge is 2.19. The molecule has 0 saturated heterocycles. The number of aromatic nitrogens is 2. The SMILES string of the molecule is c1n[nH]cc1CNCC1CC1. The second-order valence-corrected chi connectivity index (χ2v) is 3.18. The molecule has 1 aromatic heterocycles. The third-order valence-corrected chi connectivity index (χ3v) is 2.01. The Bertz CT molecular complexity index is 201. The molecular weight excluding hydrogens is 138 g/mol. The van der Waals surface area contributed by atoms with Gasteiger partial charge >= 0.3 is 0 Å². The summed E-state index contributed by atoms with van der Waals surface area (Å²) >= 11 is 0. The Hall–Kier alpha value is -0.830. The fraction of sp³-hybridized carbons (Fsp3) is 0.625. The molecule has 2 N–H and O–H groups in total. The summed E-state index contributed by atoms with van der Waals surface area (Å²) in [4.78, 5) is 0. The summed E-state index contributed by atoms with van der Waals surface area (Å²) in [5.74, 6) is 0.960. The predicted octanol–water partition coefficient (Wildman–Crippen LogP) is 0.909. The number of rotatable bonds is 4. The molecule has 1 heterocycles. The topological polar surface area (TPSA) is 40.7 Å². The highest BCUT2D eigenvalue weighted by Crippen LogP contribution is 2.27. The Balaban J connectivity index is 1.66. The van der Waals surface area contributed by atoms with Crippen LogP contribution in [-0.4, -0.2) is 16.7 Å². The van der Waals surface area contributed by atoms with Crippen molar-refractivity contribution >= 4 is 0 Å². The number of hydrogen-bond donors (Lipinski definition) is 2. The van der Waals surface area contributed by atoms with Crippen LogP contribution in [0.15, 0.2) is 12.4 Å². The largest absolute Gasteiger partial charge is 0.312 e. The molecule has 11 heavy (non-hydrogen) atoms. The molecule has 0 atom stereocenters. The molecule has 3 heteroatoms. The fourth-order valence-corrected chi connectivity index (χ4v) is 1.12. The molecular formula is C8H13N3. The van der Waals surface area contributed by atoms with E-state index < -0.39 is 0 Å². The van der Waals surface area contributed by atoms with Crippen LogP contribution in [-0.2, 0) is 6.54 Å². The van der Waals surface area contributed by atoms with E-state index in [-0.39, 0.29) is 0 Å². The summed E-state index contributed by atoms with van der Waals surface area (Å²) in [6, 6.07) is 0. The zero-order chi connectivity index (χ0) is 7.52. The van der Waals surface area contributed by atoms with Crippen LogP contribution < -0.4 is 5.32 Å². The first-order valence-electron chi connectivity index (χ1n) is 4.13. The molecule has 60 valence electrons. The van der Waals surface area contributed by atoms with Gasteiger partial charge in [0, 0.05) is 18.3 Å². The molecule has 1 aromatic rings. The van der Waals surface area contributed by atoms with Gasteiger partial charge in [0.2, 0.25) is 0 Å². The molecule has 0 aliphatic heterocycles. The van der Waals surface area contributed by atoms with Crippen LogP contribution in [0.1, 0.15) is 18.4 Å². The van der Waals surface area contributed by atoms with E-state index in [9.17, 15) is 0 Å². The summed E-state index contributed by atoms with van der Waals surface area (Å²) in [5.41, 5.74) is 1.24. The van der Waals surface area contributed by atoms with Crippen molar-refractivity contribution in [1.82, 2.24) is 15.5 Å². The Morgan fingerprint density at radius 1 is 1.64 bits per heavy atom. The van der Waals surface area contributed by atoms with E-state index in [0.29, 0.717) is 0 Å². The minimum atomic E-state index is 0.951. The first-order valence-corrected chi connectivity index (χ1v) is 4.13.